The molecule has 2 heterocycles. The summed E-state index contributed by atoms with van der Waals surface area (Å²) in [5, 5.41) is 5.44. The average Bonchev–Trinajstić information content (AvgIpc) is 3.25. The summed E-state index contributed by atoms with van der Waals surface area (Å²) in [7, 11) is 0. The molecule has 4 rings (SSSR count). The Morgan fingerprint density at radius 3 is 2.36 bits per heavy atom. The van der Waals surface area contributed by atoms with Crippen molar-refractivity contribution >= 4 is 28.2 Å². The van der Waals surface area contributed by atoms with Gasteiger partial charge in [0.25, 0.3) is 0 Å². The smallest absolute Gasteiger partial charge is 0.341 e. The minimum atomic E-state index is -0.408. The Bertz CT molecular complexity index is 1060. The highest BCUT2D eigenvalue weighted by Gasteiger charge is 2.25. The van der Waals surface area contributed by atoms with Crippen LogP contribution in [0.3, 0.4) is 0 Å². The Hall–Kier alpha value is -2.96. The van der Waals surface area contributed by atoms with Crippen molar-refractivity contribution in [2.75, 3.05) is 31.6 Å². The number of nitrogens with one attached hydrogen (secondary N) is 1. The second-order valence-corrected chi connectivity index (χ2v) is 9.28. The zero-order valence-corrected chi connectivity index (χ0v) is 19.8. The van der Waals surface area contributed by atoms with Gasteiger partial charge >= 0.3 is 5.97 Å². The van der Waals surface area contributed by atoms with E-state index in [2.05, 4.69) is 40.5 Å². The van der Waals surface area contributed by atoms with Crippen molar-refractivity contribution in [3.8, 4) is 11.1 Å². The highest BCUT2D eigenvalue weighted by Crippen LogP contribution is 2.36. The molecule has 0 bridgehead atoms. The van der Waals surface area contributed by atoms with Gasteiger partial charge in [0.15, 0.2) is 0 Å². The lowest BCUT2D eigenvalue weighted by Crippen LogP contribution is -2.39. The number of anilines is 1. The van der Waals surface area contributed by atoms with Gasteiger partial charge in [0.2, 0.25) is 5.91 Å². The number of amides is 1. The Labute approximate surface area is 199 Å². The van der Waals surface area contributed by atoms with Gasteiger partial charge in [-0.2, -0.15) is 0 Å². The monoisotopic (exact) mass is 462 g/mol. The van der Waals surface area contributed by atoms with E-state index in [0.717, 1.165) is 43.5 Å². The Morgan fingerprint density at radius 1 is 1.03 bits per heavy atom. The highest BCUT2D eigenvalue weighted by atomic mass is 32.1. The van der Waals surface area contributed by atoms with Gasteiger partial charge in [-0.15, -0.1) is 11.3 Å². The predicted octanol–water partition coefficient (Wildman–Crippen LogP) is 5.49. The molecule has 3 aromatic rings. The molecule has 172 valence electrons. The second-order valence-electron chi connectivity index (χ2n) is 8.40. The summed E-state index contributed by atoms with van der Waals surface area (Å²) in [5.41, 5.74) is 3.53. The normalized spacial score (nSPS) is 14.7. The van der Waals surface area contributed by atoms with Crippen LogP contribution in [-0.4, -0.2) is 43.0 Å². The number of likely N-dealkylation sites (tertiary alicyclic amines) is 1. The number of piperidine rings is 1. The van der Waals surface area contributed by atoms with Crippen LogP contribution in [0, 0.1) is 5.92 Å². The molecule has 33 heavy (non-hydrogen) atoms. The molecule has 0 atom stereocenters. The van der Waals surface area contributed by atoms with Gasteiger partial charge in [0.1, 0.15) is 10.6 Å². The highest BCUT2D eigenvalue weighted by molar-refractivity contribution is 7.15. The first-order chi connectivity index (χ1) is 16.1. The number of ether oxygens (including phenoxy) is 1. The number of carbonyl (C=O) groups is 2. The fourth-order valence-corrected chi connectivity index (χ4v) is 5.32. The molecule has 1 saturated heterocycles. The Morgan fingerprint density at radius 2 is 1.70 bits per heavy atom. The molecule has 0 spiro atoms. The van der Waals surface area contributed by atoms with Gasteiger partial charge in [-0.1, -0.05) is 60.7 Å². The SMILES string of the molecule is CCOC(=O)c1c(-c2ccccc2)csc1NC(=O)CN1CCC(Cc2ccccc2)CC1. The third kappa shape index (κ3) is 6.09. The van der Waals surface area contributed by atoms with E-state index in [1.807, 2.05) is 35.7 Å². The Balaban J connectivity index is 1.37. The van der Waals surface area contributed by atoms with Gasteiger partial charge in [-0.05, 0) is 56.3 Å². The van der Waals surface area contributed by atoms with Crippen molar-refractivity contribution in [3.05, 3.63) is 77.2 Å². The average molecular weight is 463 g/mol. The molecule has 0 radical (unpaired) electrons. The fourth-order valence-electron chi connectivity index (χ4n) is 4.35. The number of hydrogen-bond donors (Lipinski definition) is 1. The molecule has 1 N–H and O–H groups in total. The zero-order valence-electron chi connectivity index (χ0n) is 19.0. The third-order valence-electron chi connectivity index (χ3n) is 6.05. The quantitative estimate of drug-likeness (QED) is 0.450. The van der Waals surface area contributed by atoms with Crippen molar-refractivity contribution in [1.29, 1.82) is 0 Å². The molecule has 1 fully saturated rings. The lowest BCUT2D eigenvalue weighted by molar-refractivity contribution is -0.117. The van der Waals surface area contributed by atoms with Crippen LogP contribution < -0.4 is 5.32 Å². The summed E-state index contributed by atoms with van der Waals surface area (Å²) in [4.78, 5) is 27.7. The van der Waals surface area contributed by atoms with Crippen LogP contribution in [0.4, 0.5) is 5.00 Å². The van der Waals surface area contributed by atoms with Gasteiger partial charge in [-0.25, -0.2) is 4.79 Å². The summed E-state index contributed by atoms with van der Waals surface area (Å²) in [6.45, 7) is 4.23. The first-order valence-electron chi connectivity index (χ1n) is 11.5. The van der Waals surface area contributed by atoms with Crippen LogP contribution in [0.15, 0.2) is 66.0 Å². The molecule has 1 aliphatic rings. The standard InChI is InChI=1S/C27H30N2O3S/c1-2-32-27(31)25-23(22-11-7-4-8-12-22)19-33-26(25)28-24(30)18-29-15-13-21(14-16-29)17-20-9-5-3-6-10-20/h3-12,19,21H,2,13-18H2,1H3,(H,28,30). The van der Waals surface area contributed by atoms with Gasteiger partial charge in [-0.3, -0.25) is 9.69 Å². The molecule has 6 heteroatoms. The first kappa shape index (κ1) is 23.2. The number of esters is 1. The van der Waals surface area contributed by atoms with Crippen molar-refractivity contribution < 1.29 is 14.3 Å². The number of hydrogen-bond acceptors (Lipinski definition) is 5. The van der Waals surface area contributed by atoms with Crippen LogP contribution in [0.5, 0.6) is 0 Å². The van der Waals surface area contributed by atoms with Crippen LogP contribution in [0.1, 0.15) is 35.7 Å². The van der Waals surface area contributed by atoms with E-state index in [9.17, 15) is 9.59 Å². The second kappa shape index (κ2) is 11.3. The van der Waals surface area contributed by atoms with Crippen molar-refractivity contribution in [2.45, 2.75) is 26.2 Å². The Kier molecular flexibility index (Phi) is 7.92. The van der Waals surface area contributed by atoms with Crippen LogP contribution in [0.2, 0.25) is 0 Å². The van der Waals surface area contributed by atoms with Gasteiger partial charge in [0.05, 0.1) is 13.2 Å². The minimum absolute atomic E-state index is 0.0940. The van der Waals surface area contributed by atoms with E-state index >= 15 is 0 Å². The third-order valence-corrected chi connectivity index (χ3v) is 6.95. The number of nitrogens with zero attached hydrogens (tertiary/aromatic N) is 1. The maximum Gasteiger partial charge on any atom is 0.341 e. The van der Waals surface area contributed by atoms with E-state index in [1.165, 1.54) is 16.9 Å². The lowest BCUT2D eigenvalue weighted by atomic mass is 9.90. The maximum atomic E-state index is 12.8. The van der Waals surface area contributed by atoms with Crippen molar-refractivity contribution in [2.24, 2.45) is 5.92 Å². The maximum absolute atomic E-state index is 12.8. The van der Waals surface area contributed by atoms with E-state index in [0.29, 0.717) is 23.0 Å². The fraction of sp³-hybridized carbons (Fsp3) is 0.333. The minimum Gasteiger partial charge on any atom is -0.462 e. The number of thiophene rings is 1. The molecule has 0 unspecified atom stereocenters. The zero-order chi connectivity index (χ0) is 23.0. The molecule has 0 aliphatic carbocycles. The molecule has 5 nitrogen and oxygen atoms in total. The van der Waals surface area contributed by atoms with E-state index < -0.39 is 5.97 Å². The molecule has 1 amide bonds. The topological polar surface area (TPSA) is 58.6 Å². The van der Waals surface area contributed by atoms with Crippen LogP contribution >= 0.6 is 11.3 Å². The molecule has 1 aliphatic heterocycles. The van der Waals surface area contributed by atoms with E-state index in [1.54, 1.807) is 6.92 Å². The molecular weight excluding hydrogens is 432 g/mol. The number of rotatable bonds is 8. The molecule has 2 aromatic carbocycles. The molecule has 1 aromatic heterocycles. The number of carbonyl (C=O) groups excluding carboxylic acids is 2. The summed E-state index contributed by atoms with van der Waals surface area (Å²) in [6.07, 6.45) is 3.28. The van der Waals surface area contributed by atoms with Gasteiger partial charge < -0.3 is 10.1 Å². The lowest BCUT2D eigenvalue weighted by Gasteiger charge is -2.31. The number of benzene rings is 2. The van der Waals surface area contributed by atoms with Crippen LogP contribution in [-0.2, 0) is 16.0 Å². The summed E-state index contributed by atoms with van der Waals surface area (Å²) in [6, 6.07) is 20.3. The van der Waals surface area contributed by atoms with E-state index in [4.69, 9.17) is 4.74 Å². The molecule has 0 saturated carbocycles. The van der Waals surface area contributed by atoms with Crippen molar-refractivity contribution in [1.82, 2.24) is 4.90 Å². The van der Waals surface area contributed by atoms with E-state index in [-0.39, 0.29) is 12.5 Å². The summed E-state index contributed by atoms with van der Waals surface area (Å²) < 4.78 is 5.29. The van der Waals surface area contributed by atoms with Gasteiger partial charge in [0, 0.05) is 10.9 Å². The van der Waals surface area contributed by atoms with Crippen molar-refractivity contribution in [3.63, 3.8) is 0 Å². The summed E-state index contributed by atoms with van der Waals surface area (Å²) >= 11 is 1.37. The van der Waals surface area contributed by atoms with Crippen LogP contribution in [0.25, 0.3) is 11.1 Å². The predicted molar refractivity (Wildman–Crippen MR) is 134 cm³/mol. The first-order valence-corrected chi connectivity index (χ1v) is 12.4. The molecular formula is C27H30N2O3S. The largest absolute Gasteiger partial charge is 0.462 e. The summed E-state index contributed by atoms with van der Waals surface area (Å²) in [5.74, 6) is 0.158.